The van der Waals surface area contributed by atoms with Gasteiger partial charge in [0.2, 0.25) is 0 Å². The van der Waals surface area contributed by atoms with Gasteiger partial charge in [-0.1, -0.05) is 12.0 Å². The summed E-state index contributed by atoms with van der Waals surface area (Å²) in [5.41, 5.74) is -1.63. The number of terminal acetylenes is 1. The Labute approximate surface area is 195 Å². The van der Waals surface area contributed by atoms with Crippen molar-refractivity contribution in [3.8, 4) is 29.6 Å². The Morgan fingerprint density at radius 3 is 2.31 bits per heavy atom. The average molecular weight is 503 g/mol. The zero-order valence-corrected chi connectivity index (χ0v) is 17.8. The predicted octanol–water partition coefficient (Wildman–Crippen LogP) is 2.90. The number of alkyl halides is 6. The van der Waals surface area contributed by atoms with Crippen LogP contribution in [0.2, 0.25) is 0 Å². The monoisotopic (exact) mass is 503 g/mol. The summed E-state index contributed by atoms with van der Waals surface area (Å²) in [7, 11) is -1.67. The van der Waals surface area contributed by atoms with Gasteiger partial charge in [0.05, 0.1) is 6.61 Å². The minimum atomic E-state index is -5.11. The zero-order valence-electron chi connectivity index (χ0n) is 17.8. The summed E-state index contributed by atoms with van der Waals surface area (Å²) in [5, 5.41) is 12.3. The van der Waals surface area contributed by atoms with Gasteiger partial charge in [0.25, 0.3) is 5.91 Å². The number of benzene rings is 2. The predicted molar refractivity (Wildman–Crippen MR) is 109 cm³/mol. The number of rotatable bonds is 7. The summed E-state index contributed by atoms with van der Waals surface area (Å²) >= 11 is 0. The van der Waals surface area contributed by atoms with E-state index in [1.807, 2.05) is 0 Å². The highest BCUT2D eigenvalue weighted by Gasteiger charge is 2.40. The lowest BCUT2D eigenvalue weighted by Gasteiger charge is -2.26. The molecule has 0 unspecified atom stereocenters. The molecule has 2 aromatic rings. The molecule has 0 saturated heterocycles. The van der Waals surface area contributed by atoms with Crippen molar-refractivity contribution in [1.29, 1.82) is 0 Å². The van der Waals surface area contributed by atoms with E-state index in [2.05, 4.69) is 20.7 Å². The van der Waals surface area contributed by atoms with Crippen LogP contribution in [0.5, 0.6) is 17.2 Å². The van der Waals surface area contributed by atoms with Crippen LogP contribution in [0.25, 0.3) is 0 Å². The van der Waals surface area contributed by atoms with Crippen molar-refractivity contribution in [1.82, 2.24) is 5.32 Å². The van der Waals surface area contributed by atoms with E-state index < -0.39 is 55.1 Å². The van der Waals surface area contributed by atoms with Crippen LogP contribution in [0.3, 0.4) is 0 Å². The van der Waals surface area contributed by atoms with Crippen molar-refractivity contribution < 1.29 is 55.0 Å². The van der Waals surface area contributed by atoms with Crippen molar-refractivity contribution in [2.75, 3.05) is 6.61 Å². The van der Waals surface area contributed by atoms with Gasteiger partial charge in [-0.3, -0.25) is 4.79 Å². The van der Waals surface area contributed by atoms with Gasteiger partial charge in [0.15, 0.2) is 11.5 Å². The molecule has 7 nitrogen and oxygen atoms in total. The molecule has 1 atom stereocenters. The lowest BCUT2D eigenvalue weighted by molar-refractivity contribution is -0.275. The molecule has 1 aliphatic heterocycles. The van der Waals surface area contributed by atoms with Crippen LogP contribution in [0.1, 0.15) is 22.8 Å². The number of carbonyl (C=O) groups is 1. The van der Waals surface area contributed by atoms with Gasteiger partial charge in [-0.25, -0.2) is 0 Å². The molecule has 35 heavy (non-hydrogen) atoms. The molecule has 0 radical (unpaired) electrons. The van der Waals surface area contributed by atoms with Crippen LogP contribution in [0, 0.1) is 12.3 Å². The van der Waals surface area contributed by atoms with Crippen molar-refractivity contribution in [2.24, 2.45) is 0 Å². The van der Waals surface area contributed by atoms with E-state index in [4.69, 9.17) is 15.8 Å². The minimum absolute atomic E-state index is 0.0695. The van der Waals surface area contributed by atoms with E-state index in [-0.39, 0.29) is 23.2 Å². The quantitative estimate of drug-likeness (QED) is 0.344. The van der Waals surface area contributed by atoms with Crippen LogP contribution in [0.15, 0.2) is 36.4 Å². The third-order valence-electron chi connectivity index (χ3n) is 4.69. The van der Waals surface area contributed by atoms with Crippen molar-refractivity contribution in [3.63, 3.8) is 0 Å². The second-order valence-electron chi connectivity index (χ2n) is 7.47. The van der Waals surface area contributed by atoms with E-state index in [0.29, 0.717) is 0 Å². The molecule has 1 aliphatic rings. The molecule has 2 N–H and O–H groups in total. The molecule has 3 rings (SSSR count). The number of fused-ring (bicyclic) bond motifs is 1. The molecule has 1 amide bonds. The Morgan fingerprint density at radius 2 is 1.74 bits per heavy atom. The number of carbonyl (C=O) groups excluding carboxylic acids is 1. The van der Waals surface area contributed by atoms with Crippen molar-refractivity contribution in [2.45, 2.75) is 31.8 Å². The van der Waals surface area contributed by atoms with Crippen LogP contribution < -0.4 is 25.0 Å². The fourth-order valence-corrected chi connectivity index (χ4v) is 3.07. The maximum absolute atomic E-state index is 13.0. The number of halogens is 6. The molecular weight excluding hydrogens is 487 g/mol. The van der Waals surface area contributed by atoms with Gasteiger partial charge in [-0.2, -0.15) is 0 Å². The molecule has 14 heteroatoms. The summed E-state index contributed by atoms with van der Waals surface area (Å²) in [5.74, 6) is -0.321. The molecule has 0 fully saturated rings. The lowest BCUT2D eigenvalue weighted by atomic mass is 9.78. The zero-order chi connectivity index (χ0) is 26.0. The Bertz CT molecular complexity index is 1130. The number of ether oxygens (including phenoxy) is 3. The highest BCUT2D eigenvalue weighted by Crippen LogP contribution is 2.34. The first kappa shape index (κ1) is 26.0. The van der Waals surface area contributed by atoms with Gasteiger partial charge >= 0.3 is 19.8 Å². The number of nitrogens with one attached hydrogen (secondary N) is 1. The lowest BCUT2D eigenvalue weighted by Crippen LogP contribution is -2.49. The van der Waals surface area contributed by atoms with E-state index in [1.54, 1.807) is 0 Å². The van der Waals surface area contributed by atoms with Crippen molar-refractivity contribution >= 4 is 18.5 Å². The Hall–Kier alpha value is -3.57. The summed E-state index contributed by atoms with van der Waals surface area (Å²) in [4.78, 5) is 12.5. The van der Waals surface area contributed by atoms with Gasteiger partial charge in [0, 0.05) is 11.0 Å². The molecule has 0 bridgehead atoms. The molecule has 2 aromatic carbocycles. The standard InChI is InChI=1S/C21H16BF6NO6/c1-3-19(2,29-18(30)12-4-7-14(8-5-12)34-20(23,24)25)11-32-15-9-6-13-10-33-22(31)16(13)17(15)35-21(26,27)28/h1,4-9,31H,10-11H2,2H3,(H,29,30)/t19-/m0/s1. The van der Waals surface area contributed by atoms with Crippen LogP contribution in [-0.2, 0) is 11.3 Å². The highest BCUT2D eigenvalue weighted by atomic mass is 19.4. The topological polar surface area (TPSA) is 86.3 Å². The smallest absolute Gasteiger partial charge is 0.486 e. The van der Waals surface area contributed by atoms with Crippen LogP contribution >= 0.6 is 0 Å². The number of amides is 1. The Balaban J connectivity index is 1.75. The number of hydrogen-bond acceptors (Lipinski definition) is 6. The molecule has 186 valence electrons. The van der Waals surface area contributed by atoms with E-state index in [1.165, 1.54) is 19.1 Å². The molecule has 0 aromatic heterocycles. The Kier molecular flexibility index (Phi) is 7.14. The van der Waals surface area contributed by atoms with Crippen LogP contribution in [-0.4, -0.2) is 42.9 Å². The third-order valence-corrected chi connectivity index (χ3v) is 4.69. The first-order valence-electron chi connectivity index (χ1n) is 9.70. The second-order valence-corrected chi connectivity index (χ2v) is 7.47. The average Bonchev–Trinajstić information content (AvgIpc) is 3.12. The first-order chi connectivity index (χ1) is 16.2. The first-order valence-corrected chi connectivity index (χ1v) is 9.70. The SMILES string of the molecule is C#C[C@@](C)(COc1ccc2c(c1OC(F)(F)F)B(O)OC2)NC(=O)c1ccc(OC(F)(F)F)cc1. The normalized spacial score (nSPS) is 15.0. The fourth-order valence-electron chi connectivity index (χ4n) is 3.07. The maximum Gasteiger partial charge on any atom is 0.573 e. The molecule has 1 heterocycles. The van der Waals surface area contributed by atoms with E-state index >= 15 is 0 Å². The van der Waals surface area contributed by atoms with Gasteiger partial charge in [0.1, 0.15) is 17.9 Å². The molecule has 0 aliphatic carbocycles. The largest absolute Gasteiger partial charge is 0.573 e. The van der Waals surface area contributed by atoms with Gasteiger partial charge < -0.3 is 29.2 Å². The fraction of sp³-hybridized carbons (Fsp3) is 0.286. The van der Waals surface area contributed by atoms with Gasteiger partial charge in [-0.15, -0.1) is 32.8 Å². The van der Waals surface area contributed by atoms with Gasteiger partial charge in [-0.05, 0) is 42.8 Å². The minimum Gasteiger partial charge on any atom is -0.486 e. The summed E-state index contributed by atoms with van der Waals surface area (Å²) in [6.45, 7) is 0.659. The summed E-state index contributed by atoms with van der Waals surface area (Å²) < 4.78 is 93.9. The third kappa shape index (κ3) is 6.74. The van der Waals surface area contributed by atoms with E-state index in [9.17, 15) is 36.2 Å². The molecular formula is C21H16BF6NO6. The van der Waals surface area contributed by atoms with Crippen LogP contribution in [0.4, 0.5) is 26.3 Å². The van der Waals surface area contributed by atoms with Crippen molar-refractivity contribution in [3.05, 3.63) is 47.5 Å². The maximum atomic E-state index is 13.0. The number of hydrogen-bond donors (Lipinski definition) is 2. The molecule has 0 spiro atoms. The highest BCUT2D eigenvalue weighted by molar-refractivity contribution is 6.62. The summed E-state index contributed by atoms with van der Waals surface area (Å²) in [6.07, 6.45) is -4.53. The summed E-state index contributed by atoms with van der Waals surface area (Å²) in [6, 6.07) is 6.51. The molecule has 0 saturated carbocycles. The van der Waals surface area contributed by atoms with E-state index in [0.717, 1.165) is 24.3 Å². The Morgan fingerprint density at radius 1 is 1.11 bits per heavy atom. The second kappa shape index (κ2) is 9.59.